The molecule has 0 saturated carbocycles. The summed E-state index contributed by atoms with van der Waals surface area (Å²) in [4.78, 5) is 4.85. The van der Waals surface area contributed by atoms with Gasteiger partial charge < -0.3 is 9.80 Å². The summed E-state index contributed by atoms with van der Waals surface area (Å²) < 4.78 is 12.8. The van der Waals surface area contributed by atoms with E-state index in [1.165, 1.54) is 37.2 Å². The Hall–Kier alpha value is -0.930. The van der Waals surface area contributed by atoms with E-state index in [9.17, 15) is 4.39 Å². The first-order valence-electron chi connectivity index (χ1n) is 6.82. The molecule has 100 valence electrons. The van der Waals surface area contributed by atoms with Crippen molar-refractivity contribution in [3.8, 4) is 0 Å². The first kappa shape index (κ1) is 13.5. The normalized spacial score (nSPS) is 20.8. The van der Waals surface area contributed by atoms with E-state index < -0.39 is 0 Å². The molecule has 0 bridgehead atoms. The quantitative estimate of drug-likeness (QED) is 0.792. The fraction of sp³-hybridized carbons (Fsp3) is 0.600. The third kappa shape index (κ3) is 3.79. The van der Waals surface area contributed by atoms with Crippen LogP contribution in [-0.2, 0) is 6.54 Å². The molecule has 0 N–H and O–H groups in total. The van der Waals surface area contributed by atoms with Gasteiger partial charge in [0.25, 0.3) is 0 Å². The highest BCUT2D eigenvalue weighted by Crippen LogP contribution is 2.17. The van der Waals surface area contributed by atoms with Crippen molar-refractivity contribution >= 4 is 0 Å². The van der Waals surface area contributed by atoms with Crippen LogP contribution >= 0.6 is 0 Å². The van der Waals surface area contributed by atoms with E-state index in [-0.39, 0.29) is 5.82 Å². The molecule has 2 rings (SSSR count). The van der Waals surface area contributed by atoms with Crippen LogP contribution in [0.4, 0.5) is 4.39 Å². The van der Waals surface area contributed by atoms with Gasteiger partial charge in [0.15, 0.2) is 0 Å². The lowest BCUT2D eigenvalue weighted by Crippen LogP contribution is -2.28. The van der Waals surface area contributed by atoms with Crippen molar-refractivity contribution in [1.29, 1.82) is 0 Å². The summed E-state index contributed by atoms with van der Waals surface area (Å²) in [5.41, 5.74) is 1.18. The molecule has 1 heterocycles. The molecule has 1 atom stereocenters. The largest absolute Gasteiger partial charge is 0.303 e. The molecule has 0 radical (unpaired) electrons. The maximum atomic E-state index is 12.8. The Morgan fingerprint density at radius 1 is 1.33 bits per heavy atom. The Morgan fingerprint density at radius 2 is 2.06 bits per heavy atom. The Morgan fingerprint density at radius 3 is 2.67 bits per heavy atom. The van der Waals surface area contributed by atoms with Gasteiger partial charge in [-0.15, -0.1) is 0 Å². The van der Waals surface area contributed by atoms with Crippen LogP contribution in [-0.4, -0.2) is 43.0 Å². The zero-order valence-corrected chi connectivity index (χ0v) is 11.4. The molecular weight excluding hydrogens is 227 g/mol. The number of halogens is 1. The van der Waals surface area contributed by atoms with Crippen molar-refractivity contribution in [2.24, 2.45) is 5.92 Å². The van der Waals surface area contributed by atoms with Crippen LogP contribution in [0.3, 0.4) is 0 Å². The van der Waals surface area contributed by atoms with E-state index in [1.54, 1.807) is 0 Å². The van der Waals surface area contributed by atoms with Crippen LogP contribution in [0.1, 0.15) is 18.9 Å². The van der Waals surface area contributed by atoms with E-state index in [1.807, 2.05) is 12.1 Å². The van der Waals surface area contributed by atoms with Crippen molar-refractivity contribution < 1.29 is 4.39 Å². The number of likely N-dealkylation sites (tertiary alicyclic amines) is 1. The average molecular weight is 250 g/mol. The molecule has 1 aromatic carbocycles. The Labute approximate surface area is 109 Å². The van der Waals surface area contributed by atoms with Gasteiger partial charge in [-0.2, -0.15) is 0 Å². The molecule has 1 aromatic rings. The van der Waals surface area contributed by atoms with Crippen LogP contribution in [0, 0.1) is 11.7 Å². The van der Waals surface area contributed by atoms with Gasteiger partial charge in [0.05, 0.1) is 0 Å². The van der Waals surface area contributed by atoms with E-state index in [2.05, 4.69) is 23.8 Å². The maximum Gasteiger partial charge on any atom is 0.123 e. The van der Waals surface area contributed by atoms with Crippen LogP contribution < -0.4 is 0 Å². The number of hydrogen-bond donors (Lipinski definition) is 0. The monoisotopic (exact) mass is 250 g/mol. The van der Waals surface area contributed by atoms with Gasteiger partial charge in [-0.25, -0.2) is 4.39 Å². The molecule has 18 heavy (non-hydrogen) atoms. The SMILES string of the molecule is CCN1CCC(CN(C)Cc2ccc(F)cc2)C1. The minimum Gasteiger partial charge on any atom is -0.303 e. The van der Waals surface area contributed by atoms with Crippen LogP contribution in [0.2, 0.25) is 0 Å². The molecule has 0 aromatic heterocycles. The smallest absolute Gasteiger partial charge is 0.123 e. The zero-order valence-electron chi connectivity index (χ0n) is 11.4. The van der Waals surface area contributed by atoms with Crippen molar-refractivity contribution in [1.82, 2.24) is 9.80 Å². The van der Waals surface area contributed by atoms with Gasteiger partial charge in [-0.05, 0) is 50.2 Å². The molecule has 0 aliphatic carbocycles. The lowest BCUT2D eigenvalue weighted by atomic mass is 10.1. The summed E-state index contributed by atoms with van der Waals surface area (Å²) >= 11 is 0. The number of rotatable bonds is 5. The standard InChI is InChI=1S/C15H23FN2/c1-3-18-9-8-14(12-18)11-17(2)10-13-4-6-15(16)7-5-13/h4-7,14H,3,8-12H2,1-2H3. The second kappa shape index (κ2) is 6.30. The van der Waals surface area contributed by atoms with Gasteiger partial charge in [-0.3, -0.25) is 0 Å². The molecular formula is C15H23FN2. The number of nitrogens with zero attached hydrogens (tertiary/aromatic N) is 2. The van der Waals surface area contributed by atoms with Crippen molar-refractivity contribution in [3.05, 3.63) is 35.6 Å². The summed E-state index contributed by atoms with van der Waals surface area (Å²) in [6.45, 7) is 7.90. The summed E-state index contributed by atoms with van der Waals surface area (Å²) in [6.07, 6.45) is 1.31. The fourth-order valence-corrected chi connectivity index (χ4v) is 2.76. The summed E-state index contributed by atoms with van der Waals surface area (Å²) in [5.74, 6) is 0.631. The highest BCUT2D eigenvalue weighted by Gasteiger charge is 2.22. The highest BCUT2D eigenvalue weighted by atomic mass is 19.1. The zero-order chi connectivity index (χ0) is 13.0. The van der Waals surface area contributed by atoms with Gasteiger partial charge in [0.1, 0.15) is 5.82 Å². The molecule has 1 aliphatic rings. The third-order valence-corrected chi connectivity index (χ3v) is 3.75. The van der Waals surface area contributed by atoms with Gasteiger partial charge in [0, 0.05) is 19.6 Å². The summed E-state index contributed by atoms with van der Waals surface area (Å²) in [5, 5.41) is 0. The lowest BCUT2D eigenvalue weighted by molar-refractivity contribution is 0.260. The predicted octanol–water partition coefficient (Wildman–Crippen LogP) is 2.60. The summed E-state index contributed by atoms with van der Waals surface area (Å²) in [6, 6.07) is 6.83. The second-order valence-electron chi connectivity index (χ2n) is 5.37. The van der Waals surface area contributed by atoms with E-state index >= 15 is 0 Å². The lowest BCUT2D eigenvalue weighted by Gasteiger charge is -2.21. The maximum absolute atomic E-state index is 12.8. The Balaban J connectivity index is 1.78. The van der Waals surface area contributed by atoms with Crippen molar-refractivity contribution in [3.63, 3.8) is 0 Å². The minimum atomic E-state index is -0.157. The number of benzene rings is 1. The first-order valence-corrected chi connectivity index (χ1v) is 6.82. The van der Waals surface area contributed by atoms with Crippen LogP contribution in [0.5, 0.6) is 0 Å². The van der Waals surface area contributed by atoms with Gasteiger partial charge >= 0.3 is 0 Å². The van der Waals surface area contributed by atoms with E-state index in [4.69, 9.17) is 0 Å². The fourth-order valence-electron chi connectivity index (χ4n) is 2.76. The molecule has 0 spiro atoms. The molecule has 2 nitrogen and oxygen atoms in total. The second-order valence-corrected chi connectivity index (χ2v) is 5.37. The van der Waals surface area contributed by atoms with Crippen molar-refractivity contribution in [2.45, 2.75) is 19.9 Å². The molecule has 3 heteroatoms. The van der Waals surface area contributed by atoms with E-state index in [0.29, 0.717) is 0 Å². The van der Waals surface area contributed by atoms with Crippen LogP contribution in [0.15, 0.2) is 24.3 Å². The highest BCUT2D eigenvalue weighted by molar-refractivity contribution is 5.15. The van der Waals surface area contributed by atoms with E-state index in [0.717, 1.165) is 25.6 Å². The average Bonchev–Trinajstić information content (AvgIpc) is 2.79. The molecule has 1 saturated heterocycles. The molecule has 1 aliphatic heterocycles. The van der Waals surface area contributed by atoms with Crippen LogP contribution in [0.25, 0.3) is 0 Å². The topological polar surface area (TPSA) is 6.48 Å². The Kier molecular flexibility index (Phi) is 4.72. The molecule has 1 unspecified atom stereocenters. The molecule has 1 fully saturated rings. The first-order chi connectivity index (χ1) is 8.67. The summed E-state index contributed by atoms with van der Waals surface area (Å²) in [7, 11) is 2.15. The van der Waals surface area contributed by atoms with Gasteiger partial charge in [-0.1, -0.05) is 19.1 Å². The van der Waals surface area contributed by atoms with Gasteiger partial charge in [0.2, 0.25) is 0 Å². The third-order valence-electron chi connectivity index (χ3n) is 3.75. The molecule has 0 amide bonds. The number of hydrogen-bond acceptors (Lipinski definition) is 2. The predicted molar refractivity (Wildman–Crippen MR) is 73.0 cm³/mol. The Bertz CT molecular complexity index is 363. The minimum absolute atomic E-state index is 0.157. The van der Waals surface area contributed by atoms with Crippen molar-refractivity contribution in [2.75, 3.05) is 33.2 Å².